The first-order valence-electron chi connectivity index (χ1n) is 10.2. The minimum Gasteiger partial charge on any atom is -0.455 e. The van der Waals surface area contributed by atoms with Gasteiger partial charge in [0.15, 0.2) is 0 Å². The molecule has 0 saturated heterocycles. The molecule has 1 aliphatic rings. The van der Waals surface area contributed by atoms with E-state index in [1.807, 2.05) is 0 Å². The number of pyridine rings is 2. The number of hydrogen-bond acceptors (Lipinski definition) is 5. The maximum Gasteiger partial charge on any atom is 0.142 e. The van der Waals surface area contributed by atoms with Crippen LogP contribution in [0.4, 0.5) is 11.4 Å². The molecule has 152 valence electrons. The molecule has 2 aromatic heterocycles. The number of anilines is 2. The Labute approximate surface area is 176 Å². The first-order valence-corrected chi connectivity index (χ1v) is 10.2. The van der Waals surface area contributed by atoms with E-state index in [0.717, 1.165) is 73.6 Å². The molecule has 0 fully saturated rings. The number of nitrogens with zero attached hydrogens (tertiary/aromatic N) is 4. The summed E-state index contributed by atoms with van der Waals surface area (Å²) in [6.45, 7) is 4.14. The highest BCUT2D eigenvalue weighted by atomic mass is 16.5. The predicted molar refractivity (Wildman–Crippen MR) is 124 cm³/mol. The second kappa shape index (κ2) is 6.59. The molecule has 0 saturated carbocycles. The van der Waals surface area contributed by atoms with E-state index in [1.165, 1.54) is 0 Å². The van der Waals surface area contributed by atoms with Gasteiger partial charge in [-0.3, -0.25) is 9.97 Å². The van der Waals surface area contributed by atoms with E-state index in [9.17, 15) is 0 Å². The van der Waals surface area contributed by atoms with Crippen molar-refractivity contribution in [1.29, 1.82) is 0 Å². The van der Waals surface area contributed by atoms with Crippen molar-refractivity contribution in [3.8, 4) is 11.5 Å². The number of aryl methyl sites for hydroxylation is 2. The van der Waals surface area contributed by atoms with Crippen molar-refractivity contribution in [1.82, 2.24) is 9.97 Å². The van der Waals surface area contributed by atoms with Gasteiger partial charge in [-0.05, 0) is 50.2 Å². The van der Waals surface area contributed by atoms with Gasteiger partial charge >= 0.3 is 0 Å². The van der Waals surface area contributed by atoms with Gasteiger partial charge in [-0.25, -0.2) is 0 Å². The van der Waals surface area contributed by atoms with E-state index in [2.05, 4.69) is 88.2 Å². The van der Waals surface area contributed by atoms with Crippen LogP contribution in [0.2, 0.25) is 0 Å². The minimum atomic E-state index is 0.784. The Balaban J connectivity index is 1.79. The monoisotopic (exact) mass is 398 g/mol. The molecule has 5 rings (SSSR count). The molecular formula is C25H26N4O. The Morgan fingerprint density at radius 2 is 1.13 bits per heavy atom. The van der Waals surface area contributed by atoms with Gasteiger partial charge in [0, 0.05) is 79.3 Å². The zero-order chi connectivity index (χ0) is 21.2. The number of hydrogen-bond donors (Lipinski definition) is 0. The third-order valence-corrected chi connectivity index (χ3v) is 6.04. The number of fused-ring (bicyclic) bond motifs is 6. The molecular weight excluding hydrogens is 372 g/mol. The number of benzene rings is 2. The minimum absolute atomic E-state index is 0.784. The van der Waals surface area contributed by atoms with E-state index < -0.39 is 0 Å². The third kappa shape index (κ3) is 2.76. The highest BCUT2D eigenvalue weighted by molar-refractivity contribution is 5.94. The van der Waals surface area contributed by atoms with Crippen LogP contribution < -0.4 is 14.5 Å². The summed E-state index contributed by atoms with van der Waals surface area (Å²) >= 11 is 0. The molecule has 2 aromatic carbocycles. The predicted octanol–water partition coefficient (Wildman–Crippen LogP) is 5.23. The van der Waals surface area contributed by atoms with Gasteiger partial charge in [0.05, 0.1) is 11.0 Å². The van der Waals surface area contributed by atoms with Crippen molar-refractivity contribution in [2.24, 2.45) is 0 Å². The summed E-state index contributed by atoms with van der Waals surface area (Å²) in [6.07, 6.45) is 0.784. The highest BCUT2D eigenvalue weighted by Crippen LogP contribution is 2.46. The van der Waals surface area contributed by atoms with Crippen LogP contribution in [0.15, 0.2) is 36.4 Å². The van der Waals surface area contributed by atoms with Gasteiger partial charge in [0.25, 0.3) is 0 Å². The molecule has 0 amide bonds. The summed E-state index contributed by atoms with van der Waals surface area (Å²) in [7, 11) is 8.21. The fourth-order valence-corrected chi connectivity index (χ4v) is 4.24. The second-order valence-corrected chi connectivity index (χ2v) is 8.48. The number of aromatic nitrogens is 2. The van der Waals surface area contributed by atoms with E-state index in [0.29, 0.717) is 0 Å². The Morgan fingerprint density at radius 1 is 0.700 bits per heavy atom. The van der Waals surface area contributed by atoms with Crippen LogP contribution in [0, 0.1) is 13.8 Å². The average Bonchev–Trinajstić information content (AvgIpc) is 2.72. The molecule has 0 spiro atoms. The maximum absolute atomic E-state index is 6.72. The lowest BCUT2D eigenvalue weighted by Gasteiger charge is -2.26. The van der Waals surface area contributed by atoms with Crippen LogP contribution in [0.1, 0.15) is 22.5 Å². The molecule has 30 heavy (non-hydrogen) atoms. The Morgan fingerprint density at radius 3 is 1.53 bits per heavy atom. The molecule has 3 heterocycles. The molecule has 0 unspecified atom stereocenters. The zero-order valence-corrected chi connectivity index (χ0v) is 18.4. The lowest BCUT2D eigenvalue weighted by Crippen LogP contribution is -2.12. The van der Waals surface area contributed by atoms with Crippen molar-refractivity contribution < 1.29 is 4.74 Å². The van der Waals surface area contributed by atoms with E-state index >= 15 is 0 Å². The normalized spacial score (nSPS) is 12.5. The molecule has 5 heteroatoms. The zero-order valence-electron chi connectivity index (χ0n) is 18.4. The SMILES string of the molecule is Cc1nc2ccc(N(C)C)cc2c2c1Cc1c(C)nc3ccc(N(C)C)cc3c1O2. The van der Waals surface area contributed by atoms with Crippen LogP contribution >= 0.6 is 0 Å². The van der Waals surface area contributed by atoms with Gasteiger partial charge in [-0.15, -0.1) is 0 Å². The van der Waals surface area contributed by atoms with Gasteiger partial charge in [0.1, 0.15) is 11.5 Å². The first kappa shape index (κ1) is 18.7. The van der Waals surface area contributed by atoms with Gasteiger partial charge in [-0.1, -0.05) is 0 Å². The molecule has 0 aliphatic carbocycles. The molecule has 0 N–H and O–H groups in total. The van der Waals surface area contributed by atoms with Crippen LogP contribution in [-0.2, 0) is 6.42 Å². The standard InChI is InChI=1S/C25H26N4O/c1-14-18-13-19-15(2)27-23-10-8-17(29(5)6)12-21(23)25(19)30-24(18)20-11-16(28(3)4)7-9-22(20)26-14/h7-12H,13H2,1-6H3. The fraction of sp³-hybridized carbons (Fsp3) is 0.280. The fourth-order valence-electron chi connectivity index (χ4n) is 4.24. The summed E-state index contributed by atoms with van der Waals surface area (Å²) < 4.78 is 6.72. The summed E-state index contributed by atoms with van der Waals surface area (Å²) in [5.41, 5.74) is 8.53. The van der Waals surface area contributed by atoms with Crippen molar-refractivity contribution in [2.75, 3.05) is 38.0 Å². The van der Waals surface area contributed by atoms with E-state index in [1.54, 1.807) is 0 Å². The van der Waals surface area contributed by atoms with Crippen LogP contribution in [0.3, 0.4) is 0 Å². The largest absolute Gasteiger partial charge is 0.455 e. The molecule has 0 radical (unpaired) electrons. The topological polar surface area (TPSA) is 41.5 Å². The van der Waals surface area contributed by atoms with Crippen molar-refractivity contribution in [2.45, 2.75) is 20.3 Å². The first-order chi connectivity index (χ1) is 14.3. The van der Waals surface area contributed by atoms with E-state index in [4.69, 9.17) is 14.7 Å². The van der Waals surface area contributed by atoms with Crippen LogP contribution in [-0.4, -0.2) is 38.2 Å². The Hall–Kier alpha value is -3.34. The van der Waals surface area contributed by atoms with Gasteiger partial charge < -0.3 is 14.5 Å². The third-order valence-electron chi connectivity index (χ3n) is 6.04. The number of ether oxygens (including phenoxy) is 1. The molecule has 4 aromatic rings. The molecule has 0 bridgehead atoms. The second-order valence-electron chi connectivity index (χ2n) is 8.48. The number of rotatable bonds is 2. The average molecular weight is 399 g/mol. The maximum atomic E-state index is 6.72. The van der Waals surface area contributed by atoms with Crippen molar-refractivity contribution in [3.05, 3.63) is 58.9 Å². The van der Waals surface area contributed by atoms with E-state index in [-0.39, 0.29) is 0 Å². The van der Waals surface area contributed by atoms with Gasteiger partial charge in [0.2, 0.25) is 0 Å². The lowest BCUT2D eigenvalue weighted by molar-refractivity contribution is 0.468. The van der Waals surface area contributed by atoms with Gasteiger partial charge in [-0.2, -0.15) is 0 Å². The highest BCUT2D eigenvalue weighted by Gasteiger charge is 2.26. The van der Waals surface area contributed by atoms with Crippen LogP contribution in [0.25, 0.3) is 21.8 Å². The molecule has 5 nitrogen and oxygen atoms in total. The molecule has 0 atom stereocenters. The molecule has 1 aliphatic heterocycles. The Bertz CT molecular complexity index is 1220. The lowest BCUT2D eigenvalue weighted by atomic mass is 9.94. The summed E-state index contributed by atoms with van der Waals surface area (Å²) in [5, 5.41) is 2.11. The van der Waals surface area contributed by atoms with Crippen LogP contribution in [0.5, 0.6) is 11.5 Å². The van der Waals surface area contributed by atoms with Crippen molar-refractivity contribution in [3.63, 3.8) is 0 Å². The quantitative estimate of drug-likeness (QED) is 0.407. The Kier molecular flexibility index (Phi) is 4.10. The van der Waals surface area contributed by atoms with Crippen molar-refractivity contribution >= 4 is 33.2 Å². The summed E-state index contributed by atoms with van der Waals surface area (Å²) in [6, 6.07) is 12.7. The smallest absolute Gasteiger partial charge is 0.142 e. The summed E-state index contributed by atoms with van der Waals surface area (Å²) in [5.74, 6) is 1.85. The summed E-state index contributed by atoms with van der Waals surface area (Å²) in [4.78, 5) is 13.9.